The molecule has 0 radical (unpaired) electrons. The minimum atomic E-state index is -0.467. The van der Waals surface area contributed by atoms with Gasteiger partial charge in [-0.2, -0.15) is 0 Å². The Labute approximate surface area is 164 Å². The van der Waals surface area contributed by atoms with Crippen LogP contribution in [0.1, 0.15) is 55.8 Å². The Morgan fingerprint density at radius 3 is 2.71 bits per heavy atom. The average molecular weight is 377 g/mol. The second-order valence-corrected chi connectivity index (χ2v) is 6.90. The molecule has 144 valence electrons. The van der Waals surface area contributed by atoms with Gasteiger partial charge in [-0.15, -0.1) is 6.58 Å². The second-order valence-electron chi connectivity index (χ2n) is 6.90. The van der Waals surface area contributed by atoms with Gasteiger partial charge in [0.25, 0.3) is 11.8 Å². The molecule has 1 heterocycles. The minimum absolute atomic E-state index is 0.0531. The van der Waals surface area contributed by atoms with Crippen LogP contribution in [0.3, 0.4) is 0 Å². The molecule has 0 saturated heterocycles. The van der Waals surface area contributed by atoms with Crippen molar-refractivity contribution in [3.05, 3.63) is 82.4 Å². The number of ether oxygens (including phenoxy) is 1. The first kappa shape index (κ1) is 19.5. The molecule has 3 rings (SSSR count). The predicted octanol–water partition coefficient (Wildman–Crippen LogP) is 3.67. The van der Waals surface area contributed by atoms with E-state index in [9.17, 15) is 14.4 Å². The van der Waals surface area contributed by atoms with Gasteiger partial charge in [0.2, 0.25) is 0 Å². The molecule has 2 amide bonds. The summed E-state index contributed by atoms with van der Waals surface area (Å²) in [6, 6.07) is 11.0. The highest BCUT2D eigenvalue weighted by Crippen LogP contribution is 2.21. The summed E-state index contributed by atoms with van der Waals surface area (Å²) >= 11 is 0. The SMILES string of the molecule is C=CCCCc1ccc(COC(=O)Cc2cccc3c2C(=O)NC3=O)cc1C. The number of imide groups is 1. The van der Waals surface area contributed by atoms with E-state index in [4.69, 9.17) is 4.74 Å². The van der Waals surface area contributed by atoms with E-state index in [1.807, 2.05) is 18.2 Å². The maximum absolute atomic E-state index is 12.3. The number of esters is 1. The summed E-state index contributed by atoms with van der Waals surface area (Å²) in [6.45, 7) is 5.97. The van der Waals surface area contributed by atoms with Gasteiger partial charge in [-0.3, -0.25) is 19.7 Å². The van der Waals surface area contributed by atoms with Crippen LogP contribution in [-0.2, 0) is 29.0 Å². The Balaban J connectivity index is 1.60. The monoisotopic (exact) mass is 377 g/mol. The molecule has 0 spiro atoms. The largest absolute Gasteiger partial charge is 0.461 e. The molecule has 5 nitrogen and oxygen atoms in total. The van der Waals surface area contributed by atoms with Gasteiger partial charge in [-0.25, -0.2) is 0 Å². The molecule has 1 N–H and O–H groups in total. The second kappa shape index (κ2) is 8.65. The molecule has 0 fully saturated rings. The third-order valence-electron chi connectivity index (χ3n) is 4.85. The van der Waals surface area contributed by atoms with Crippen LogP contribution in [0.2, 0.25) is 0 Å². The number of allylic oxidation sites excluding steroid dienone is 1. The Kier molecular flexibility index (Phi) is 6.04. The summed E-state index contributed by atoms with van der Waals surface area (Å²) in [6.07, 6.45) is 4.92. The van der Waals surface area contributed by atoms with Gasteiger partial charge in [0, 0.05) is 0 Å². The van der Waals surface area contributed by atoms with Crippen molar-refractivity contribution in [1.82, 2.24) is 5.32 Å². The lowest BCUT2D eigenvalue weighted by atomic mass is 10.00. The molecular weight excluding hydrogens is 354 g/mol. The normalized spacial score (nSPS) is 12.5. The Morgan fingerprint density at radius 2 is 1.96 bits per heavy atom. The lowest BCUT2D eigenvalue weighted by molar-refractivity contribution is -0.144. The van der Waals surface area contributed by atoms with Crippen LogP contribution in [-0.4, -0.2) is 17.8 Å². The van der Waals surface area contributed by atoms with Crippen LogP contribution in [0, 0.1) is 6.92 Å². The number of amides is 2. The lowest BCUT2D eigenvalue weighted by Crippen LogP contribution is -2.20. The molecule has 0 aromatic heterocycles. The number of unbranched alkanes of at least 4 members (excludes halogenated alkanes) is 1. The molecule has 5 heteroatoms. The molecule has 2 aromatic carbocycles. The summed E-state index contributed by atoms with van der Waals surface area (Å²) in [5.41, 5.74) is 4.45. The van der Waals surface area contributed by atoms with Gasteiger partial charge < -0.3 is 4.74 Å². The number of carbonyl (C=O) groups excluding carboxylic acids is 3. The van der Waals surface area contributed by atoms with E-state index >= 15 is 0 Å². The summed E-state index contributed by atoms with van der Waals surface area (Å²) in [5.74, 6) is -1.33. The molecule has 0 atom stereocenters. The number of aryl methyl sites for hydroxylation is 2. The van der Waals surface area contributed by atoms with Gasteiger partial charge in [0.15, 0.2) is 0 Å². The first-order valence-electron chi connectivity index (χ1n) is 9.32. The van der Waals surface area contributed by atoms with Crippen molar-refractivity contribution < 1.29 is 19.1 Å². The standard InChI is InChI=1S/C23H23NO4/c1-3-4-5-7-17-11-10-16(12-15(17)2)14-28-20(25)13-18-8-6-9-19-21(18)23(27)24-22(19)26/h3,6,8-12H,1,4-5,7,13-14H2,2H3,(H,24,26,27). The number of hydrogen-bond donors (Lipinski definition) is 1. The summed E-state index contributed by atoms with van der Waals surface area (Å²) in [7, 11) is 0. The first-order chi connectivity index (χ1) is 13.5. The maximum Gasteiger partial charge on any atom is 0.310 e. The first-order valence-corrected chi connectivity index (χ1v) is 9.32. The van der Waals surface area contributed by atoms with Crippen LogP contribution in [0.4, 0.5) is 0 Å². The van der Waals surface area contributed by atoms with Crippen molar-refractivity contribution in [2.24, 2.45) is 0 Å². The highest BCUT2D eigenvalue weighted by atomic mass is 16.5. The molecule has 0 unspecified atom stereocenters. The highest BCUT2D eigenvalue weighted by Gasteiger charge is 2.29. The van der Waals surface area contributed by atoms with Crippen molar-refractivity contribution in [3.63, 3.8) is 0 Å². The van der Waals surface area contributed by atoms with Crippen molar-refractivity contribution in [2.45, 2.75) is 39.2 Å². The van der Waals surface area contributed by atoms with Crippen LogP contribution in [0.15, 0.2) is 49.1 Å². The molecule has 0 saturated carbocycles. The van der Waals surface area contributed by atoms with Crippen LogP contribution in [0.5, 0.6) is 0 Å². The number of hydrogen-bond acceptors (Lipinski definition) is 4. The fourth-order valence-electron chi connectivity index (χ4n) is 3.37. The Bertz CT molecular complexity index is 946. The van der Waals surface area contributed by atoms with E-state index in [0.717, 1.165) is 24.8 Å². The molecule has 0 aliphatic carbocycles. The quantitative estimate of drug-likeness (QED) is 0.330. The Hall–Kier alpha value is -3.21. The van der Waals surface area contributed by atoms with Crippen LogP contribution in [0.25, 0.3) is 0 Å². The fraction of sp³-hybridized carbons (Fsp3) is 0.261. The van der Waals surface area contributed by atoms with E-state index in [1.54, 1.807) is 18.2 Å². The molecule has 2 aromatic rings. The zero-order valence-electron chi connectivity index (χ0n) is 15.9. The van der Waals surface area contributed by atoms with E-state index < -0.39 is 17.8 Å². The summed E-state index contributed by atoms with van der Waals surface area (Å²) in [5, 5.41) is 2.25. The van der Waals surface area contributed by atoms with Gasteiger partial charge in [-0.1, -0.05) is 36.4 Å². The molecular formula is C23H23NO4. The number of fused-ring (bicyclic) bond motifs is 1. The molecule has 1 aliphatic heterocycles. The van der Waals surface area contributed by atoms with Gasteiger partial charge in [0.1, 0.15) is 6.61 Å². The van der Waals surface area contributed by atoms with E-state index in [-0.39, 0.29) is 18.6 Å². The minimum Gasteiger partial charge on any atom is -0.461 e. The van der Waals surface area contributed by atoms with Gasteiger partial charge in [0.05, 0.1) is 17.5 Å². The number of rotatable bonds is 8. The van der Waals surface area contributed by atoms with E-state index in [0.29, 0.717) is 11.1 Å². The zero-order valence-corrected chi connectivity index (χ0v) is 15.9. The smallest absolute Gasteiger partial charge is 0.310 e. The highest BCUT2D eigenvalue weighted by molar-refractivity contribution is 6.22. The predicted molar refractivity (Wildman–Crippen MR) is 106 cm³/mol. The van der Waals surface area contributed by atoms with Gasteiger partial charge >= 0.3 is 5.97 Å². The third kappa shape index (κ3) is 4.36. The fourth-order valence-corrected chi connectivity index (χ4v) is 3.37. The molecule has 0 bridgehead atoms. The maximum atomic E-state index is 12.3. The average Bonchev–Trinajstić information content (AvgIpc) is 2.97. The van der Waals surface area contributed by atoms with Crippen LogP contribution >= 0.6 is 0 Å². The van der Waals surface area contributed by atoms with Crippen molar-refractivity contribution in [3.8, 4) is 0 Å². The van der Waals surface area contributed by atoms with E-state index in [1.165, 1.54) is 11.1 Å². The van der Waals surface area contributed by atoms with Gasteiger partial charge in [-0.05, 0) is 54.5 Å². The molecule has 28 heavy (non-hydrogen) atoms. The number of nitrogens with one attached hydrogen (secondary N) is 1. The molecule has 1 aliphatic rings. The Morgan fingerprint density at radius 1 is 1.14 bits per heavy atom. The topological polar surface area (TPSA) is 72.5 Å². The number of carbonyl (C=O) groups is 3. The number of benzene rings is 2. The van der Waals surface area contributed by atoms with Crippen molar-refractivity contribution >= 4 is 17.8 Å². The van der Waals surface area contributed by atoms with Crippen molar-refractivity contribution in [2.75, 3.05) is 0 Å². The summed E-state index contributed by atoms with van der Waals surface area (Å²) < 4.78 is 5.38. The summed E-state index contributed by atoms with van der Waals surface area (Å²) in [4.78, 5) is 35.9. The van der Waals surface area contributed by atoms with E-state index in [2.05, 4.69) is 24.9 Å². The zero-order chi connectivity index (χ0) is 20.1. The lowest BCUT2D eigenvalue weighted by Gasteiger charge is -2.10. The van der Waals surface area contributed by atoms with Crippen LogP contribution < -0.4 is 5.32 Å². The third-order valence-corrected chi connectivity index (χ3v) is 4.85. The van der Waals surface area contributed by atoms with Crippen molar-refractivity contribution in [1.29, 1.82) is 0 Å².